The smallest absolute Gasteiger partial charge is 0.295 e. The molecule has 0 aromatic heterocycles. The quantitative estimate of drug-likeness (QED) is 0.673. The van der Waals surface area contributed by atoms with E-state index in [4.69, 9.17) is 0 Å². The molecule has 1 saturated carbocycles. The maximum absolute atomic E-state index is 13.5. The average molecular weight is 347 g/mol. The zero-order valence-corrected chi connectivity index (χ0v) is 12.6. The number of nitro groups is 1. The predicted octanol–water partition coefficient (Wildman–Crippen LogP) is 3.24. The van der Waals surface area contributed by atoms with Gasteiger partial charge in [0.15, 0.2) is 0 Å². The highest BCUT2D eigenvalue weighted by Crippen LogP contribution is 2.36. The number of anilines is 1. The third-order valence-electron chi connectivity index (χ3n) is 3.79. The Hall–Kier alpha value is -1.21. The third kappa shape index (κ3) is 2.93. The van der Waals surface area contributed by atoms with Crippen molar-refractivity contribution >= 4 is 27.3 Å². The summed E-state index contributed by atoms with van der Waals surface area (Å²) >= 11 is 3.05. The lowest BCUT2D eigenvalue weighted by Crippen LogP contribution is -2.43. The Morgan fingerprint density at radius 2 is 2.10 bits per heavy atom. The molecule has 0 spiro atoms. The number of hydrogen-bond donors (Lipinski definition) is 1. The lowest BCUT2D eigenvalue weighted by atomic mass is 9.91. The fourth-order valence-electron chi connectivity index (χ4n) is 2.68. The van der Waals surface area contributed by atoms with Crippen LogP contribution in [0.5, 0.6) is 0 Å². The number of aliphatic hydroxyl groups is 1. The number of benzene rings is 1. The number of hydrogen-bond acceptors (Lipinski definition) is 4. The van der Waals surface area contributed by atoms with Gasteiger partial charge in [-0.2, -0.15) is 0 Å². The van der Waals surface area contributed by atoms with Crippen molar-refractivity contribution < 1.29 is 14.4 Å². The van der Waals surface area contributed by atoms with E-state index in [1.807, 2.05) is 0 Å². The fourth-order valence-corrected chi connectivity index (χ4v) is 3.01. The molecule has 110 valence electrons. The van der Waals surface area contributed by atoms with Gasteiger partial charge < -0.3 is 10.0 Å². The van der Waals surface area contributed by atoms with E-state index >= 15 is 0 Å². The lowest BCUT2D eigenvalue weighted by molar-refractivity contribution is -0.384. The molecule has 1 N–H and O–H groups in total. The van der Waals surface area contributed by atoms with Crippen LogP contribution >= 0.6 is 15.9 Å². The van der Waals surface area contributed by atoms with Crippen molar-refractivity contribution in [3.8, 4) is 0 Å². The summed E-state index contributed by atoms with van der Waals surface area (Å²) in [5, 5.41) is 21.1. The van der Waals surface area contributed by atoms with E-state index in [2.05, 4.69) is 15.9 Å². The maximum atomic E-state index is 13.5. The molecule has 0 aliphatic heterocycles. The van der Waals surface area contributed by atoms with Crippen LogP contribution in [0.15, 0.2) is 16.6 Å². The Labute approximate surface area is 124 Å². The van der Waals surface area contributed by atoms with E-state index in [0.717, 1.165) is 25.3 Å². The van der Waals surface area contributed by atoms with Crippen molar-refractivity contribution in [1.82, 2.24) is 0 Å². The number of likely N-dealkylation sites (N-methyl/N-ethyl adjacent to an activating group) is 1. The van der Waals surface area contributed by atoms with E-state index in [-0.39, 0.29) is 16.2 Å². The zero-order chi connectivity index (χ0) is 14.9. The topological polar surface area (TPSA) is 66.6 Å². The van der Waals surface area contributed by atoms with Gasteiger partial charge in [-0.3, -0.25) is 10.1 Å². The number of aliphatic hydroxyl groups excluding tert-OH is 1. The van der Waals surface area contributed by atoms with Crippen molar-refractivity contribution in [2.24, 2.45) is 0 Å². The molecule has 0 heterocycles. The monoisotopic (exact) mass is 346 g/mol. The summed E-state index contributed by atoms with van der Waals surface area (Å²) in [7, 11) is 1.70. The van der Waals surface area contributed by atoms with E-state index in [9.17, 15) is 19.6 Å². The minimum absolute atomic E-state index is 0.176. The Balaban J connectivity index is 2.39. The second-order valence-corrected chi connectivity index (χ2v) is 5.90. The Morgan fingerprint density at radius 3 is 2.70 bits per heavy atom. The predicted molar refractivity (Wildman–Crippen MR) is 77.4 cm³/mol. The normalized spacial score (nSPS) is 22.6. The standard InChI is InChI=1S/C13H16BrFN2O3/c1-16(10-4-2-3-5-13(10)18)11-6-8(14)9(15)7-12(11)17(19)20/h6-7,10,13,18H,2-5H2,1H3. The summed E-state index contributed by atoms with van der Waals surface area (Å²) in [6.07, 6.45) is 2.87. The molecule has 0 radical (unpaired) electrons. The highest BCUT2D eigenvalue weighted by atomic mass is 79.9. The van der Waals surface area contributed by atoms with Gasteiger partial charge in [0.1, 0.15) is 11.5 Å². The van der Waals surface area contributed by atoms with Crippen molar-refractivity contribution in [1.29, 1.82) is 0 Å². The summed E-state index contributed by atoms with van der Waals surface area (Å²) in [5.74, 6) is -0.668. The van der Waals surface area contributed by atoms with Gasteiger partial charge in [-0.15, -0.1) is 0 Å². The summed E-state index contributed by atoms with van der Waals surface area (Å²) in [6, 6.07) is 2.12. The van der Waals surface area contributed by atoms with Crippen LogP contribution in [-0.2, 0) is 0 Å². The SMILES string of the molecule is CN(c1cc(Br)c(F)cc1[N+](=O)[O-])C1CCCCC1O. The number of halogens is 2. The van der Waals surface area contributed by atoms with Gasteiger partial charge >= 0.3 is 0 Å². The molecule has 1 aromatic carbocycles. The molecule has 2 unspecified atom stereocenters. The van der Waals surface area contributed by atoms with Crippen LogP contribution in [-0.4, -0.2) is 29.2 Å². The molecule has 2 atom stereocenters. The number of rotatable bonds is 3. The Morgan fingerprint density at radius 1 is 1.45 bits per heavy atom. The van der Waals surface area contributed by atoms with Gasteiger partial charge in [0.25, 0.3) is 5.69 Å². The molecule has 2 rings (SSSR count). The summed E-state index contributed by atoms with van der Waals surface area (Å²) in [4.78, 5) is 12.2. The Kier molecular flexibility index (Phi) is 4.59. The van der Waals surface area contributed by atoms with Crippen LogP contribution in [0.3, 0.4) is 0 Å². The molecule has 1 aliphatic carbocycles. The second-order valence-electron chi connectivity index (χ2n) is 5.04. The first-order chi connectivity index (χ1) is 9.41. The third-order valence-corrected chi connectivity index (χ3v) is 4.39. The molecule has 1 fully saturated rings. The molecular weight excluding hydrogens is 331 g/mol. The van der Waals surface area contributed by atoms with Crippen molar-refractivity contribution in [3.05, 3.63) is 32.5 Å². The first-order valence-corrected chi connectivity index (χ1v) is 7.25. The van der Waals surface area contributed by atoms with E-state index in [0.29, 0.717) is 12.1 Å². The van der Waals surface area contributed by atoms with Gasteiger partial charge in [-0.05, 0) is 34.8 Å². The highest BCUT2D eigenvalue weighted by molar-refractivity contribution is 9.10. The van der Waals surface area contributed by atoms with Crippen LogP contribution in [0.25, 0.3) is 0 Å². The van der Waals surface area contributed by atoms with E-state index in [1.165, 1.54) is 6.07 Å². The van der Waals surface area contributed by atoms with E-state index in [1.54, 1.807) is 11.9 Å². The van der Waals surface area contributed by atoms with E-state index < -0.39 is 16.8 Å². The van der Waals surface area contributed by atoms with Crippen molar-refractivity contribution in [3.63, 3.8) is 0 Å². The number of nitrogens with zero attached hydrogens (tertiary/aromatic N) is 2. The molecule has 5 nitrogen and oxygen atoms in total. The summed E-state index contributed by atoms with van der Waals surface area (Å²) in [5.41, 5.74) is 0.0280. The van der Waals surface area contributed by atoms with Gasteiger partial charge in [-0.1, -0.05) is 12.8 Å². The zero-order valence-electron chi connectivity index (χ0n) is 11.1. The van der Waals surface area contributed by atoms with Crippen LogP contribution in [0.1, 0.15) is 25.7 Å². The molecular formula is C13H16BrFN2O3. The lowest BCUT2D eigenvalue weighted by Gasteiger charge is -2.36. The molecule has 7 heteroatoms. The average Bonchev–Trinajstić information content (AvgIpc) is 2.41. The number of nitro benzene ring substituents is 1. The molecule has 0 amide bonds. The summed E-state index contributed by atoms with van der Waals surface area (Å²) in [6.45, 7) is 0. The highest BCUT2D eigenvalue weighted by Gasteiger charge is 2.30. The largest absolute Gasteiger partial charge is 0.391 e. The minimum Gasteiger partial charge on any atom is -0.391 e. The van der Waals surface area contributed by atoms with Gasteiger partial charge in [-0.25, -0.2) is 4.39 Å². The molecule has 1 aliphatic rings. The molecule has 0 bridgehead atoms. The van der Waals surface area contributed by atoms with Crippen LogP contribution in [0.2, 0.25) is 0 Å². The molecule has 0 saturated heterocycles. The fraction of sp³-hybridized carbons (Fsp3) is 0.538. The molecule has 20 heavy (non-hydrogen) atoms. The Bertz CT molecular complexity index is 527. The maximum Gasteiger partial charge on any atom is 0.295 e. The van der Waals surface area contributed by atoms with Crippen molar-refractivity contribution in [2.45, 2.75) is 37.8 Å². The minimum atomic E-state index is -0.668. The second kappa shape index (κ2) is 6.05. The van der Waals surface area contributed by atoms with Crippen LogP contribution in [0, 0.1) is 15.9 Å². The van der Waals surface area contributed by atoms with Crippen molar-refractivity contribution in [2.75, 3.05) is 11.9 Å². The van der Waals surface area contributed by atoms with Crippen LogP contribution < -0.4 is 4.90 Å². The van der Waals surface area contributed by atoms with Gasteiger partial charge in [0.2, 0.25) is 0 Å². The van der Waals surface area contributed by atoms with Crippen LogP contribution in [0.4, 0.5) is 15.8 Å². The molecule has 1 aromatic rings. The first-order valence-electron chi connectivity index (χ1n) is 6.46. The summed E-state index contributed by atoms with van der Waals surface area (Å²) < 4.78 is 13.7. The van der Waals surface area contributed by atoms with Gasteiger partial charge in [0, 0.05) is 7.05 Å². The van der Waals surface area contributed by atoms with Gasteiger partial charge in [0.05, 0.1) is 27.6 Å². The first kappa shape index (κ1) is 15.2.